The van der Waals surface area contributed by atoms with Gasteiger partial charge in [0.05, 0.1) is 24.2 Å². The number of hydrogen-bond acceptors (Lipinski definition) is 5. The third-order valence-electron chi connectivity index (χ3n) is 3.92. The third-order valence-corrected chi connectivity index (χ3v) is 4.36. The van der Waals surface area contributed by atoms with Crippen LogP contribution in [0, 0.1) is 0 Å². The molecule has 26 heavy (non-hydrogen) atoms. The molecule has 0 unspecified atom stereocenters. The Morgan fingerprint density at radius 3 is 2.38 bits per heavy atom. The van der Waals surface area contributed by atoms with Crippen molar-refractivity contribution in [1.29, 1.82) is 0 Å². The van der Waals surface area contributed by atoms with Crippen molar-refractivity contribution in [2.75, 3.05) is 13.2 Å². The van der Waals surface area contributed by atoms with E-state index in [1.165, 1.54) is 0 Å². The fraction of sp³-hybridized carbons (Fsp3) is 0.286. The molecule has 0 aliphatic rings. The number of ether oxygens (including phenoxy) is 2. The number of hydrogen-bond donors (Lipinski definition) is 1. The van der Waals surface area contributed by atoms with E-state index in [1.807, 2.05) is 50.2 Å². The van der Waals surface area contributed by atoms with Gasteiger partial charge in [0.15, 0.2) is 0 Å². The Hall–Kier alpha value is -2.40. The fourth-order valence-electron chi connectivity index (χ4n) is 2.74. The second-order valence-corrected chi connectivity index (χ2v) is 6.42. The van der Waals surface area contributed by atoms with Crippen molar-refractivity contribution in [3.8, 4) is 22.6 Å². The molecule has 0 radical (unpaired) electrons. The van der Waals surface area contributed by atoms with Gasteiger partial charge in [-0.05, 0) is 18.4 Å². The Morgan fingerprint density at radius 1 is 1.00 bits per heavy atom. The van der Waals surface area contributed by atoms with E-state index in [-0.39, 0.29) is 0 Å². The molecule has 3 rings (SSSR count). The van der Waals surface area contributed by atoms with Crippen molar-refractivity contribution in [3.63, 3.8) is 0 Å². The van der Waals surface area contributed by atoms with Crippen LogP contribution in [0.15, 0.2) is 56.6 Å². The largest absolute Gasteiger partial charge is 0.493 e. The van der Waals surface area contributed by atoms with Crippen LogP contribution in [0.1, 0.15) is 26.7 Å². The van der Waals surface area contributed by atoms with Gasteiger partial charge in [-0.1, -0.05) is 44.2 Å². The Kier molecular flexibility index (Phi) is 5.89. The van der Waals surface area contributed by atoms with Crippen molar-refractivity contribution in [1.82, 2.24) is 0 Å². The lowest BCUT2D eigenvalue weighted by Gasteiger charge is -2.14. The highest BCUT2D eigenvalue weighted by Gasteiger charge is 2.19. The number of rotatable bonds is 7. The van der Waals surface area contributed by atoms with Crippen molar-refractivity contribution in [2.24, 2.45) is 0 Å². The second-order valence-electron chi connectivity index (χ2n) is 5.97. The van der Waals surface area contributed by atoms with Crippen molar-refractivity contribution >= 4 is 23.6 Å². The van der Waals surface area contributed by atoms with Gasteiger partial charge in [0, 0.05) is 17.0 Å². The van der Waals surface area contributed by atoms with Gasteiger partial charge in [-0.3, -0.25) is 0 Å². The summed E-state index contributed by atoms with van der Waals surface area (Å²) < 4.78 is 17.2. The first-order chi connectivity index (χ1) is 12.7. The van der Waals surface area contributed by atoms with E-state index in [0.717, 1.165) is 18.4 Å². The summed E-state index contributed by atoms with van der Waals surface area (Å²) in [6, 6.07) is 12.9. The molecule has 0 amide bonds. The molecule has 0 atom stereocenters. The van der Waals surface area contributed by atoms with Gasteiger partial charge < -0.3 is 13.9 Å². The third kappa shape index (κ3) is 3.73. The summed E-state index contributed by atoms with van der Waals surface area (Å²) >= 11 is 4.66. The standard InChI is InChI=1S/C21H22O4S/c1-3-10-23-15-12-16(24-11-4-2)19-17(13-15)25-21(22)18(20(19)26)14-8-6-5-7-9-14/h5-9,12-13,26H,3-4,10-11H2,1-2H3. The first kappa shape index (κ1) is 18.4. The average Bonchev–Trinajstić information content (AvgIpc) is 2.65. The van der Waals surface area contributed by atoms with Crippen LogP contribution >= 0.6 is 12.6 Å². The Labute approximate surface area is 158 Å². The topological polar surface area (TPSA) is 48.7 Å². The average molecular weight is 370 g/mol. The summed E-state index contributed by atoms with van der Waals surface area (Å²) in [6.07, 6.45) is 1.75. The van der Waals surface area contributed by atoms with Gasteiger partial charge in [-0.25, -0.2) is 4.79 Å². The van der Waals surface area contributed by atoms with Crippen molar-refractivity contribution in [3.05, 3.63) is 52.9 Å². The molecule has 136 valence electrons. The first-order valence-corrected chi connectivity index (χ1v) is 9.25. The molecule has 0 aliphatic heterocycles. The van der Waals surface area contributed by atoms with Crippen LogP contribution in [0.5, 0.6) is 11.5 Å². The van der Waals surface area contributed by atoms with Gasteiger partial charge in [0.2, 0.25) is 0 Å². The SMILES string of the molecule is CCCOc1cc(OCCC)c2c(S)c(-c3ccccc3)c(=O)oc2c1. The molecule has 3 aromatic rings. The molecular formula is C21H22O4S. The predicted molar refractivity (Wildman–Crippen MR) is 107 cm³/mol. The second kappa shape index (κ2) is 8.32. The molecule has 1 aromatic heterocycles. The number of fused-ring (bicyclic) bond motifs is 1. The Morgan fingerprint density at radius 2 is 1.69 bits per heavy atom. The van der Waals surface area contributed by atoms with Crippen LogP contribution in [-0.2, 0) is 0 Å². The maximum atomic E-state index is 12.6. The van der Waals surface area contributed by atoms with E-state index in [0.29, 0.717) is 46.1 Å². The van der Waals surface area contributed by atoms with Crippen LogP contribution in [0.4, 0.5) is 0 Å². The number of thiol groups is 1. The van der Waals surface area contributed by atoms with Crippen LogP contribution in [0.2, 0.25) is 0 Å². The molecule has 0 aliphatic carbocycles. The minimum absolute atomic E-state index is 0.416. The molecule has 0 saturated carbocycles. The van der Waals surface area contributed by atoms with E-state index >= 15 is 0 Å². The lowest BCUT2D eigenvalue weighted by molar-refractivity contribution is 0.303. The molecule has 0 fully saturated rings. The molecule has 1 heterocycles. The smallest absolute Gasteiger partial charge is 0.345 e. The lowest BCUT2D eigenvalue weighted by Crippen LogP contribution is -2.06. The summed E-state index contributed by atoms with van der Waals surface area (Å²) in [5, 5.41) is 0.684. The Balaban J connectivity index is 2.23. The lowest BCUT2D eigenvalue weighted by atomic mass is 10.1. The van der Waals surface area contributed by atoms with Gasteiger partial charge >= 0.3 is 5.63 Å². The predicted octanol–water partition coefficient (Wildman–Crippen LogP) is 5.33. The van der Waals surface area contributed by atoms with Crippen molar-refractivity contribution in [2.45, 2.75) is 31.6 Å². The fourth-order valence-corrected chi connectivity index (χ4v) is 3.18. The minimum Gasteiger partial charge on any atom is -0.493 e. The maximum absolute atomic E-state index is 12.6. The zero-order valence-corrected chi connectivity index (χ0v) is 15.8. The molecule has 0 saturated heterocycles. The molecule has 2 aromatic carbocycles. The maximum Gasteiger partial charge on any atom is 0.345 e. The summed E-state index contributed by atoms with van der Waals surface area (Å²) in [7, 11) is 0. The number of benzene rings is 2. The van der Waals surface area contributed by atoms with Crippen molar-refractivity contribution < 1.29 is 13.9 Å². The van der Waals surface area contributed by atoms with Gasteiger partial charge in [-0.2, -0.15) is 0 Å². The molecule has 0 N–H and O–H groups in total. The monoisotopic (exact) mass is 370 g/mol. The van der Waals surface area contributed by atoms with Crippen LogP contribution in [0.3, 0.4) is 0 Å². The zero-order valence-electron chi connectivity index (χ0n) is 15.0. The molecular weight excluding hydrogens is 348 g/mol. The zero-order chi connectivity index (χ0) is 18.5. The quantitative estimate of drug-likeness (QED) is 0.451. The molecule has 0 bridgehead atoms. The van der Waals surface area contributed by atoms with E-state index in [2.05, 4.69) is 12.6 Å². The van der Waals surface area contributed by atoms with Crippen LogP contribution in [0.25, 0.3) is 22.1 Å². The van der Waals surface area contributed by atoms with Gasteiger partial charge in [0.1, 0.15) is 17.1 Å². The van der Waals surface area contributed by atoms with Gasteiger partial charge in [0.25, 0.3) is 0 Å². The summed E-state index contributed by atoms with van der Waals surface area (Å²) in [6.45, 7) is 5.21. The highest BCUT2D eigenvalue weighted by atomic mass is 32.1. The highest BCUT2D eigenvalue weighted by Crippen LogP contribution is 2.38. The molecule has 4 nitrogen and oxygen atoms in total. The van der Waals surface area contributed by atoms with E-state index in [9.17, 15) is 4.79 Å². The van der Waals surface area contributed by atoms with Crippen LogP contribution in [-0.4, -0.2) is 13.2 Å². The molecule has 5 heteroatoms. The summed E-state index contributed by atoms with van der Waals surface area (Å²) in [5.41, 5.74) is 1.19. The summed E-state index contributed by atoms with van der Waals surface area (Å²) in [5.74, 6) is 1.23. The summed E-state index contributed by atoms with van der Waals surface area (Å²) in [4.78, 5) is 13.2. The van der Waals surface area contributed by atoms with E-state index in [1.54, 1.807) is 6.07 Å². The van der Waals surface area contributed by atoms with E-state index in [4.69, 9.17) is 13.9 Å². The minimum atomic E-state index is -0.428. The normalized spacial score (nSPS) is 10.9. The highest BCUT2D eigenvalue weighted by molar-refractivity contribution is 7.80. The first-order valence-electron chi connectivity index (χ1n) is 8.80. The van der Waals surface area contributed by atoms with Crippen LogP contribution < -0.4 is 15.1 Å². The Bertz CT molecular complexity index is 948. The molecule has 0 spiro atoms. The van der Waals surface area contributed by atoms with Gasteiger partial charge in [-0.15, -0.1) is 12.6 Å². The van der Waals surface area contributed by atoms with E-state index < -0.39 is 5.63 Å².